The van der Waals surface area contributed by atoms with E-state index in [9.17, 15) is 4.79 Å². The topological polar surface area (TPSA) is 49.3 Å². The lowest BCUT2D eigenvalue weighted by atomic mass is 10.4. The van der Waals surface area contributed by atoms with Crippen molar-refractivity contribution >= 4 is 35.1 Å². The average Bonchev–Trinajstić information content (AvgIpc) is 2.51. The lowest BCUT2D eigenvalue weighted by Gasteiger charge is -2.21. The van der Waals surface area contributed by atoms with E-state index >= 15 is 0 Å². The summed E-state index contributed by atoms with van der Waals surface area (Å²) < 4.78 is 0. The van der Waals surface area contributed by atoms with Gasteiger partial charge in [0.2, 0.25) is 5.91 Å². The van der Waals surface area contributed by atoms with Gasteiger partial charge in [0.25, 0.3) is 0 Å². The van der Waals surface area contributed by atoms with E-state index in [-0.39, 0.29) is 5.91 Å². The zero-order chi connectivity index (χ0) is 13.1. The first-order chi connectivity index (χ1) is 8.60. The number of rotatable bonds is 2. The van der Waals surface area contributed by atoms with Gasteiger partial charge in [-0.1, -0.05) is 23.4 Å². The Hall–Kier alpha value is -1.01. The molecule has 1 aliphatic rings. The second kappa shape index (κ2) is 5.75. The standard InChI is InChI=1S/C11H15ClN4OS/c1-15-4-3-5-16(7-10(15)17)9-6-8(12)13-11(14-9)18-2/h6H,3-5,7H2,1-2H3. The molecular formula is C11H15ClN4OS. The van der Waals surface area contributed by atoms with E-state index in [1.165, 1.54) is 11.8 Å². The lowest BCUT2D eigenvalue weighted by molar-refractivity contribution is -0.127. The van der Waals surface area contributed by atoms with Crippen LogP contribution in [0.15, 0.2) is 11.2 Å². The van der Waals surface area contributed by atoms with Crippen molar-refractivity contribution in [3.05, 3.63) is 11.2 Å². The highest BCUT2D eigenvalue weighted by molar-refractivity contribution is 7.98. The Morgan fingerprint density at radius 3 is 2.89 bits per heavy atom. The van der Waals surface area contributed by atoms with Gasteiger partial charge in [-0.15, -0.1) is 0 Å². The Labute approximate surface area is 116 Å². The Kier molecular flexibility index (Phi) is 4.29. The molecule has 0 radical (unpaired) electrons. The quantitative estimate of drug-likeness (QED) is 0.469. The molecule has 1 aromatic heterocycles. The molecule has 0 saturated carbocycles. The fraction of sp³-hybridized carbons (Fsp3) is 0.545. The first-order valence-corrected chi connectivity index (χ1v) is 7.28. The van der Waals surface area contributed by atoms with Crippen LogP contribution in [0, 0.1) is 0 Å². The molecule has 5 nitrogen and oxygen atoms in total. The van der Waals surface area contributed by atoms with Crippen LogP contribution in [-0.4, -0.2) is 53.7 Å². The zero-order valence-electron chi connectivity index (χ0n) is 10.4. The van der Waals surface area contributed by atoms with Crippen LogP contribution in [0.4, 0.5) is 5.82 Å². The molecule has 0 aliphatic carbocycles. The summed E-state index contributed by atoms with van der Waals surface area (Å²) >= 11 is 7.41. The van der Waals surface area contributed by atoms with E-state index in [1.807, 2.05) is 18.2 Å². The van der Waals surface area contributed by atoms with E-state index in [4.69, 9.17) is 11.6 Å². The van der Waals surface area contributed by atoms with Crippen LogP contribution in [0.1, 0.15) is 6.42 Å². The first-order valence-electron chi connectivity index (χ1n) is 5.67. The number of carbonyl (C=O) groups excluding carboxylic acids is 1. The third kappa shape index (κ3) is 3.05. The average molecular weight is 287 g/mol. The Morgan fingerprint density at radius 1 is 1.39 bits per heavy atom. The van der Waals surface area contributed by atoms with Crippen molar-refractivity contribution in [2.45, 2.75) is 11.6 Å². The molecule has 0 N–H and O–H groups in total. The van der Waals surface area contributed by atoms with Crippen molar-refractivity contribution in [1.29, 1.82) is 0 Å². The van der Waals surface area contributed by atoms with Crippen molar-refractivity contribution in [1.82, 2.24) is 14.9 Å². The van der Waals surface area contributed by atoms with Gasteiger partial charge in [-0.25, -0.2) is 9.97 Å². The van der Waals surface area contributed by atoms with Crippen LogP contribution in [-0.2, 0) is 4.79 Å². The number of aromatic nitrogens is 2. The predicted molar refractivity (Wildman–Crippen MR) is 73.3 cm³/mol. The molecule has 1 aromatic rings. The maximum Gasteiger partial charge on any atom is 0.241 e. The highest BCUT2D eigenvalue weighted by Gasteiger charge is 2.20. The van der Waals surface area contributed by atoms with Crippen LogP contribution in [0.5, 0.6) is 0 Å². The number of hydrogen-bond donors (Lipinski definition) is 0. The largest absolute Gasteiger partial charge is 0.347 e. The summed E-state index contributed by atoms with van der Waals surface area (Å²) in [6.45, 7) is 1.93. The summed E-state index contributed by atoms with van der Waals surface area (Å²) in [5.41, 5.74) is 0. The molecule has 2 heterocycles. The normalized spacial score (nSPS) is 16.9. The van der Waals surface area contributed by atoms with Gasteiger partial charge in [-0.05, 0) is 12.7 Å². The summed E-state index contributed by atoms with van der Waals surface area (Å²) in [5, 5.41) is 1.04. The molecule has 98 valence electrons. The predicted octanol–water partition coefficient (Wildman–Crippen LogP) is 1.52. The maximum atomic E-state index is 11.8. The Bertz CT molecular complexity index is 457. The molecule has 0 spiro atoms. The minimum atomic E-state index is 0.105. The highest BCUT2D eigenvalue weighted by Crippen LogP contribution is 2.21. The van der Waals surface area contributed by atoms with Crippen molar-refractivity contribution in [3.63, 3.8) is 0 Å². The van der Waals surface area contributed by atoms with Gasteiger partial charge in [0.1, 0.15) is 11.0 Å². The molecule has 0 atom stereocenters. The van der Waals surface area contributed by atoms with E-state index in [0.29, 0.717) is 16.9 Å². The van der Waals surface area contributed by atoms with Gasteiger partial charge in [0.05, 0.1) is 6.54 Å². The van der Waals surface area contributed by atoms with Crippen LogP contribution < -0.4 is 4.90 Å². The molecule has 2 rings (SSSR count). The third-order valence-corrected chi connectivity index (χ3v) is 3.58. The second-order valence-corrected chi connectivity index (χ2v) is 5.29. The van der Waals surface area contributed by atoms with E-state index in [2.05, 4.69) is 9.97 Å². The van der Waals surface area contributed by atoms with E-state index in [0.717, 1.165) is 25.3 Å². The second-order valence-electron chi connectivity index (χ2n) is 4.13. The van der Waals surface area contributed by atoms with Gasteiger partial charge >= 0.3 is 0 Å². The summed E-state index contributed by atoms with van der Waals surface area (Å²) in [6, 6.07) is 1.71. The minimum absolute atomic E-state index is 0.105. The highest BCUT2D eigenvalue weighted by atomic mass is 35.5. The van der Waals surface area contributed by atoms with E-state index < -0.39 is 0 Å². The lowest BCUT2D eigenvalue weighted by Crippen LogP contribution is -2.34. The molecule has 1 amide bonds. The molecule has 1 aliphatic heterocycles. The van der Waals surface area contributed by atoms with Crippen molar-refractivity contribution in [2.24, 2.45) is 0 Å². The molecule has 7 heteroatoms. The maximum absolute atomic E-state index is 11.8. The Balaban J connectivity index is 2.24. The molecule has 18 heavy (non-hydrogen) atoms. The summed E-state index contributed by atoms with van der Waals surface area (Å²) in [4.78, 5) is 24.0. The van der Waals surface area contributed by atoms with Crippen molar-refractivity contribution in [3.8, 4) is 0 Å². The fourth-order valence-corrected chi connectivity index (χ4v) is 2.42. The molecule has 0 unspecified atom stereocenters. The molecule has 0 aromatic carbocycles. The SMILES string of the molecule is CSc1nc(Cl)cc(N2CCCN(C)C(=O)C2)n1. The number of likely N-dealkylation sites (N-methyl/N-ethyl adjacent to an activating group) is 1. The summed E-state index contributed by atoms with van der Waals surface area (Å²) in [7, 11) is 1.83. The van der Waals surface area contributed by atoms with Gasteiger partial charge < -0.3 is 9.80 Å². The molecule has 1 fully saturated rings. The molecule has 0 bridgehead atoms. The first kappa shape index (κ1) is 13.4. The van der Waals surface area contributed by atoms with Crippen molar-refractivity contribution in [2.75, 3.05) is 37.8 Å². The Morgan fingerprint density at radius 2 is 2.17 bits per heavy atom. The van der Waals surface area contributed by atoms with Crippen molar-refractivity contribution < 1.29 is 4.79 Å². The number of thioether (sulfide) groups is 1. The fourth-order valence-electron chi connectivity index (χ4n) is 1.82. The number of halogens is 1. The van der Waals surface area contributed by atoms with Crippen LogP contribution in [0.3, 0.4) is 0 Å². The number of anilines is 1. The van der Waals surface area contributed by atoms with Gasteiger partial charge in [0.15, 0.2) is 5.16 Å². The number of amides is 1. The van der Waals surface area contributed by atoms with E-state index in [1.54, 1.807) is 11.0 Å². The summed E-state index contributed by atoms with van der Waals surface area (Å²) in [5.74, 6) is 0.830. The number of nitrogens with zero attached hydrogens (tertiary/aromatic N) is 4. The number of hydrogen-bond acceptors (Lipinski definition) is 5. The van der Waals surface area contributed by atoms with Crippen LogP contribution in [0.2, 0.25) is 5.15 Å². The zero-order valence-corrected chi connectivity index (χ0v) is 12.0. The van der Waals surface area contributed by atoms with Crippen LogP contribution in [0.25, 0.3) is 0 Å². The van der Waals surface area contributed by atoms with Gasteiger partial charge in [0, 0.05) is 26.2 Å². The molecule has 1 saturated heterocycles. The van der Waals surface area contributed by atoms with Gasteiger partial charge in [-0.2, -0.15) is 0 Å². The smallest absolute Gasteiger partial charge is 0.241 e. The van der Waals surface area contributed by atoms with Gasteiger partial charge in [-0.3, -0.25) is 4.79 Å². The third-order valence-electron chi connectivity index (χ3n) is 2.84. The summed E-state index contributed by atoms with van der Waals surface area (Å²) in [6.07, 6.45) is 2.83. The minimum Gasteiger partial charge on any atom is -0.347 e. The monoisotopic (exact) mass is 286 g/mol. The number of carbonyl (C=O) groups is 1. The van der Waals surface area contributed by atoms with Crippen LogP contribution >= 0.6 is 23.4 Å². The molecular weight excluding hydrogens is 272 g/mol.